The van der Waals surface area contributed by atoms with Crippen molar-refractivity contribution >= 4 is 23.2 Å². The zero-order chi connectivity index (χ0) is 19.3. The molecule has 9 heteroatoms. The lowest BCUT2D eigenvalue weighted by Gasteiger charge is -2.23. The molecule has 0 fully saturated rings. The van der Waals surface area contributed by atoms with Crippen molar-refractivity contribution in [2.24, 2.45) is 0 Å². The van der Waals surface area contributed by atoms with Gasteiger partial charge in [-0.1, -0.05) is 12.1 Å². The van der Waals surface area contributed by atoms with E-state index in [1.807, 2.05) is 0 Å². The molecule has 0 aliphatic rings. The van der Waals surface area contributed by atoms with Gasteiger partial charge in [-0.2, -0.15) is 13.2 Å². The van der Waals surface area contributed by atoms with Gasteiger partial charge in [0, 0.05) is 5.69 Å². The minimum atomic E-state index is -4.62. The fourth-order valence-electron chi connectivity index (χ4n) is 2.22. The number of halogens is 4. The van der Waals surface area contributed by atoms with E-state index in [4.69, 9.17) is 10.5 Å². The van der Waals surface area contributed by atoms with E-state index < -0.39 is 24.1 Å². The summed E-state index contributed by atoms with van der Waals surface area (Å²) in [6.07, 6.45) is -5.34. The summed E-state index contributed by atoms with van der Waals surface area (Å²) < 4.78 is 57.8. The van der Waals surface area contributed by atoms with Crippen molar-refractivity contribution in [3.63, 3.8) is 0 Å². The summed E-state index contributed by atoms with van der Waals surface area (Å²) in [5, 5.41) is 4.71. The first-order chi connectivity index (χ1) is 12.2. The Balaban J connectivity index is 2.22. The molecule has 2 aromatic rings. The first kappa shape index (κ1) is 19.4. The number of rotatable bonds is 5. The van der Waals surface area contributed by atoms with Gasteiger partial charge >= 0.3 is 12.3 Å². The molecule has 0 saturated heterocycles. The summed E-state index contributed by atoms with van der Waals surface area (Å²) in [5.74, 6) is -0.631. The van der Waals surface area contributed by atoms with Crippen molar-refractivity contribution in [2.75, 3.05) is 23.0 Å². The van der Waals surface area contributed by atoms with Crippen LogP contribution < -0.4 is 16.4 Å². The van der Waals surface area contributed by atoms with Crippen LogP contribution >= 0.6 is 0 Å². The molecule has 0 saturated carbocycles. The Labute approximate surface area is 147 Å². The summed E-state index contributed by atoms with van der Waals surface area (Å²) in [6, 6.07) is 5.91. The molecule has 0 bridgehead atoms. The first-order valence-electron chi connectivity index (χ1n) is 7.62. The van der Waals surface area contributed by atoms with Crippen LogP contribution in [0, 0.1) is 5.82 Å². The fourth-order valence-corrected chi connectivity index (χ4v) is 2.22. The van der Waals surface area contributed by atoms with Gasteiger partial charge in [-0.25, -0.2) is 9.18 Å². The molecule has 0 spiro atoms. The lowest BCUT2D eigenvalue weighted by Crippen LogP contribution is -2.28. The average Bonchev–Trinajstić information content (AvgIpc) is 2.55. The maximum atomic E-state index is 13.4. The minimum absolute atomic E-state index is 0.0584. The Morgan fingerprint density at radius 2 is 1.85 bits per heavy atom. The molecule has 0 aliphatic carbocycles. The number of benzene rings is 2. The second-order valence-electron chi connectivity index (χ2n) is 5.32. The van der Waals surface area contributed by atoms with Crippen LogP contribution in [-0.4, -0.2) is 18.9 Å². The highest BCUT2D eigenvalue weighted by Gasteiger charge is 2.40. The number of anilines is 3. The van der Waals surface area contributed by atoms with Crippen LogP contribution in [0.25, 0.3) is 0 Å². The molecule has 0 heterocycles. The molecule has 0 aromatic heterocycles. The molecule has 1 unspecified atom stereocenters. The number of amides is 1. The third-order valence-electron chi connectivity index (χ3n) is 3.41. The Kier molecular flexibility index (Phi) is 5.91. The van der Waals surface area contributed by atoms with Crippen LogP contribution in [0.5, 0.6) is 0 Å². The van der Waals surface area contributed by atoms with Gasteiger partial charge in [-0.05, 0) is 42.8 Å². The molecule has 5 nitrogen and oxygen atoms in total. The van der Waals surface area contributed by atoms with Crippen molar-refractivity contribution in [1.29, 1.82) is 0 Å². The molecule has 2 rings (SSSR count). The molecule has 0 radical (unpaired) electrons. The number of hydrogen-bond acceptors (Lipinski definition) is 4. The van der Waals surface area contributed by atoms with Gasteiger partial charge in [0.2, 0.25) is 0 Å². The van der Waals surface area contributed by atoms with Crippen molar-refractivity contribution in [3.05, 3.63) is 53.8 Å². The number of hydrogen-bond donors (Lipinski definition) is 3. The van der Waals surface area contributed by atoms with Crippen LogP contribution in [0.3, 0.4) is 0 Å². The van der Waals surface area contributed by atoms with Gasteiger partial charge in [0.05, 0.1) is 18.0 Å². The highest BCUT2D eigenvalue weighted by Crippen LogP contribution is 2.36. The number of ether oxygens (including phenoxy) is 1. The van der Waals surface area contributed by atoms with Crippen molar-refractivity contribution in [2.45, 2.75) is 19.1 Å². The van der Waals surface area contributed by atoms with Crippen molar-refractivity contribution in [1.82, 2.24) is 0 Å². The zero-order valence-electron chi connectivity index (χ0n) is 13.7. The largest absolute Gasteiger partial charge is 0.450 e. The standard InChI is InChI=1S/C17H17F4N3O2/c1-2-26-16(25)24-14-8-7-12(9-13(14)22)23-15(17(19,20)21)10-3-5-11(18)6-4-10/h3-9,15,23H,2,22H2,1H3,(H,24,25). The molecule has 26 heavy (non-hydrogen) atoms. The molecule has 4 N–H and O–H groups in total. The topological polar surface area (TPSA) is 76.4 Å². The molecule has 140 valence electrons. The molecular weight excluding hydrogens is 354 g/mol. The Bertz CT molecular complexity index is 764. The summed E-state index contributed by atoms with van der Waals surface area (Å²) in [5.41, 5.74) is 5.97. The van der Waals surface area contributed by atoms with E-state index in [-0.39, 0.29) is 29.2 Å². The number of carbonyl (C=O) groups excluding carboxylic acids is 1. The van der Waals surface area contributed by atoms with Crippen LogP contribution in [0.2, 0.25) is 0 Å². The van der Waals surface area contributed by atoms with E-state index in [1.54, 1.807) is 6.92 Å². The summed E-state index contributed by atoms with van der Waals surface area (Å²) >= 11 is 0. The summed E-state index contributed by atoms with van der Waals surface area (Å²) in [4.78, 5) is 11.4. The monoisotopic (exact) mass is 371 g/mol. The van der Waals surface area contributed by atoms with E-state index in [0.717, 1.165) is 24.3 Å². The van der Waals surface area contributed by atoms with Crippen LogP contribution in [0.4, 0.5) is 39.4 Å². The van der Waals surface area contributed by atoms with Crippen molar-refractivity contribution in [3.8, 4) is 0 Å². The second kappa shape index (κ2) is 7.94. The molecule has 2 aromatic carbocycles. The Hall–Kier alpha value is -2.97. The van der Waals surface area contributed by atoms with Crippen LogP contribution in [-0.2, 0) is 4.74 Å². The third-order valence-corrected chi connectivity index (χ3v) is 3.41. The lowest BCUT2D eigenvalue weighted by atomic mass is 10.1. The summed E-state index contributed by atoms with van der Waals surface area (Å²) in [7, 11) is 0. The van der Waals surface area contributed by atoms with E-state index >= 15 is 0 Å². The number of carbonyl (C=O) groups is 1. The maximum absolute atomic E-state index is 13.4. The van der Waals surface area contributed by atoms with E-state index in [9.17, 15) is 22.4 Å². The first-order valence-corrected chi connectivity index (χ1v) is 7.62. The van der Waals surface area contributed by atoms with E-state index in [0.29, 0.717) is 0 Å². The van der Waals surface area contributed by atoms with Crippen LogP contribution in [0.15, 0.2) is 42.5 Å². The van der Waals surface area contributed by atoms with E-state index in [2.05, 4.69) is 10.6 Å². The predicted molar refractivity (Wildman–Crippen MR) is 90.3 cm³/mol. The number of nitrogens with two attached hydrogens (primary N) is 1. The quantitative estimate of drug-likeness (QED) is 0.526. The predicted octanol–water partition coefficient (Wildman–Crippen LogP) is 4.69. The number of alkyl halides is 3. The zero-order valence-corrected chi connectivity index (χ0v) is 13.7. The molecule has 1 amide bonds. The fraction of sp³-hybridized carbons (Fsp3) is 0.235. The van der Waals surface area contributed by atoms with Gasteiger partial charge < -0.3 is 15.8 Å². The highest BCUT2D eigenvalue weighted by molar-refractivity contribution is 5.89. The third kappa shape index (κ3) is 5.01. The normalized spacial score (nSPS) is 12.3. The summed E-state index contributed by atoms with van der Waals surface area (Å²) in [6.45, 7) is 1.79. The number of nitrogen functional groups attached to an aromatic ring is 1. The van der Waals surface area contributed by atoms with Gasteiger partial charge in [0.15, 0.2) is 0 Å². The highest BCUT2D eigenvalue weighted by atomic mass is 19.4. The Morgan fingerprint density at radius 3 is 2.38 bits per heavy atom. The maximum Gasteiger partial charge on any atom is 0.412 e. The van der Waals surface area contributed by atoms with Crippen LogP contribution in [0.1, 0.15) is 18.5 Å². The average molecular weight is 371 g/mol. The molecule has 0 aliphatic heterocycles. The molecule has 1 atom stereocenters. The minimum Gasteiger partial charge on any atom is -0.450 e. The van der Waals surface area contributed by atoms with Gasteiger partial charge in [-0.3, -0.25) is 5.32 Å². The molecular formula is C17H17F4N3O2. The van der Waals surface area contributed by atoms with E-state index in [1.165, 1.54) is 18.2 Å². The Morgan fingerprint density at radius 1 is 1.19 bits per heavy atom. The number of nitrogens with one attached hydrogen (secondary N) is 2. The second-order valence-corrected chi connectivity index (χ2v) is 5.32. The van der Waals surface area contributed by atoms with Gasteiger partial charge in [0.25, 0.3) is 0 Å². The SMILES string of the molecule is CCOC(=O)Nc1ccc(NC(c2ccc(F)cc2)C(F)(F)F)cc1N. The van der Waals surface area contributed by atoms with Gasteiger partial charge in [-0.15, -0.1) is 0 Å². The smallest absolute Gasteiger partial charge is 0.412 e. The lowest BCUT2D eigenvalue weighted by molar-refractivity contribution is -0.144. The van der Waals surface area contributed by atoms with Crippen molar-refractivity contribution < 1.29 is 27.1 Å². The van der Waals surface area contributed by atoms with Gasteiger partial charge in [0.1, 0.15) is 11.9 Å².